The number of hydrogen-bond donors (Lipinski definition) is 0. The first kappa shape index (κ1) is 16.6. The Morgan fingerprint density at radius 2 is 1.95 bits per heavy atom. The van der Waals surface area contributed by atoms with Gasteiger partial charge in [0.1, 0.15) is 16.7 Å². The Morgan fingerprint density at radius 1 is 1.30 bits per heavy atom. The summed E-state index contributed by atoms with van der Waals surface area (Å²) in [5.41, 5.74) is 0.215. The van der Waals surface area contributed by atoms with Gasteiger partial charge in [0.15, 0.2) is 0 Å². The van der Waals surface area contributed by atoms with Crippen LogP contribution in [0.5, 0.6) is 0 Å². The van der Waals surface area contributed by atoms with E-state index < -0.39 is 10.0 Å². The summed E-state index contributed by atoms with van der Waals surface area (Å²) in [5.74, 6) is 0.357. The van der Waals surface area contributed by atoms with E-state index in [-0.39, 0.29) is 10.6 Å². The minimum absolute atomic E-state index is 0.143. The zero-order valence-electron chi connectivity index (χ0n) is 12.2. The molecule has 0 unspecified atom stereocenters. The van der Waals surface area contributed by atoms with Crippen LogP contribution in [0, 0.1) is 17.2 Å². The van der Waals surface area contributed by atoms with Crippen molar-refractivity contribution in [1.82, 2.24) is 9.29 Å². The third-order valence-electron chi connectivity index (χ3n) is 3.46. The maximum atomic E-state index is 12.5. The van der Waals surface area contributed by atoms with Gasteiger partial charge in [0, 0.05) is 19.3 Å². The zero-order chi connectivity index (χ0) is 15.2. The van der Waals surface area contributed by atoms with Crippen molar-refractivity contribution in [2.75, 3.05) is 13.1 Å². The lowest BCUT2D eigenvalue weighted by molar-refractivity contribution is 0.339. The molecule has 0 amide bonds. The van der Waals surface area contributed by atoms with Gasteiger partial charge in [-0.15, -0.1) is 0 Å². The van der Waals surface area contributed by atoms with Gasteiger partial charge < -0.3 is 0 Å². The zero-order valence-corrected chi connectivity index (χ0v) is 13.0. The Hall–Kier alpha value is -1.45. The molecule has 0 spiro atoms. The molecule has 1 aromatic heterocycles. The summed E-state index contributed by atoms with van der Waals surface area (Å²) in [6, 6.07) is 4.75. The van der Waals surface area contributed by atoms with Crippen LogP contribution in [0.2, 0.25) is 0 Å². The summed E-state index contributed by atoms with van der Waals surface area (Å²) in [4.78, 5) is 3.98. The summed E-state index contributed by atoms with van der Waals surface area (Å²) < 4.78 is 26.5. The van der Waals surface area contributed by atoms with Crippen molar-refractivity contribution < 1.29 is 8.42 Å². The number of sulfonamides is 1. The van der Waals surface area contributed by atoms with Crippen LogP contribution < -0.4 is 0 Å². The number of nitriles is 1. The average molecular weight is 295 g/mol. The normalized spacial score (nSPS) is 11.8. The first-order valence-corrected chi connectivity index (χ1v) is 8.29. The highest BCUT2D eigenvalue weighted by atomic mass is 32.2. The Bertz CT molecular complexity index is 557. The summed E-state index contributed by atoms with van der Waals surface area (Å²) in [7, 11) is -3.53. The molecule has 0 atom stereocenters. The Kier molecular flexibility index (Phi) is 6.11. The quantitative estimate of drug-likeness (QED) is 0.774. The van der Waals surface area contributed by atoms with Gasteiger partial charge in [-0.3, -0.25) is 0 Å². The molecule has 6 heteroatoms. The van der Waals surface area contributed by atoms with E-state index in [2.05, 4.69) is 18.8 Å². The molecule has 1 aromatic rings. The van der Waals surface area contributed by atoms with Crippen molar-refractivity contribution in [3.8, 4) is 6.07 Å². The molecule has 110 valence electrons. The maximum Gasteiger partial charge on any atom is 0.244 e. The van der Waals surface area contributed by atoms with Gasteiger partial charge in [-0.05, 0) is 18.1 Å². The van der Waals surface area contributed by atoms with E-state index in [1.807, 2.05) is 13.0 Å². The van der Waals surface area contributed by atoms with Crippen LogP contribution >= 0.6 is 0 Å². The lowest BCUT2D eigenvalue weighted by Crippen LogP contribution is -2.35. The first-order chi connectivity index (χ1) is 9.49. The van der Waals surface area contributed by atoms with Gasteiger partial charge in [0.2, 0.25) is 10.0 Å². The number of aromatic nitrogens is 1. The van der Waals surface area contributed by atoms with Crippen molar-refractivity contribution in [2.24, 2.45) is 5.92 Å². The first-order valence-electron chi connectivity index (χ1n) is 6.85. The molecule has 1 rings (SSSR count). The largest absolute Gasteiger partial charge is 0.244 e. The van der Waals surface area contributed by atoms with Gasteiger partial charge in [-0.1, -0.05) is 33.6 Å². The molecule has 0 N–H and O–H groups in total. The van der Waals surface area contributed by atoms with Gasteiger partial charge in [0.25, 0.3) is 0 Å². The van der Waals surface area contributed by atoms with Gasteiger partial charge in [0.05, 0.1) is 0 Å². The van der Waals surface area contributed by atoms with Crippen LogP contribution in [-0.4, -0.2) is 30.8 Å². The Morgan fingerprint density at radius 3 is 2.35 bits per heavy atom. The lowest BCUT2D eigenvalue weighted by Gasteiger charge is -2.24. The van der Waals surface area contributed by atoms with E-state index >= 15 is 0 Å². The highest BCUT2D eigenvalue weighted by Crippen LogP contribution is 2.18. The predicted octanol–water partition coefficient (Wildman–Crippen LogP) is 2.40. The molecule has 0 saturated carbocycles. The topological polar surface area (TPSA) is 74.1 Å². The van der Waals surface area contributed by atoms with Crippen LogP contribution in [-0.2, 0) is 10.0 Å². The third-order valence-corrected chi connectivity index (χ3v) is 5.38. The van der Waals surface area contributed by atoms with Gasteiger partial charge in [-0.2, -0.15) is 9.57 Å². The minimum Gasteiger partial charge on any atom is -0.244 e. The van der Waals surface area contributed by atoms with Crippen LogP contribution in [0.3, 0.4) is 0 Å². The lowest BCUT2D eigenvalue weighted by atomic mass is 10.0. The molecular formula is C14H21N3O2S. The molecule has 0 fully saturated rings. The van der Waals surface area contributed by atoms with E-state index in [9.17, 15) is 8.42 Å². The van der Waals surface area contributed by atoms with Crippen LogP contribution in [0.15, 0.2) is 23.2 Å². The number of hydrogen-bond acceptors (Lipinski definition) is 4. The van der Waals surface area contributed by atoms with E-state index in [0.717, 1.165) is 12.8 Å². The fraction of sp³-hybridized carbons (Fsp3) is 0.571. The van der Waals surface area contributed by atoms with E-state index in [0.29, 0.717) is 19.0 Å². The second kappa shape index (κ2) is 7.36. The summed E-state index contributed by atoms with van der Waals surface area (Å²) >= 11 is 0. The molecule has 0 radical (unpaired) electrons. The van der Waals surface area contributed by atoms with Crippen molar-refractivity contribution in [2.45, 2.75) is 38.5 Å². The molecule has 0 bridgehead atoms. The van der Waals surface area contributed by atoms with Crippen molar-refractivity contribution in [3.05, 3.63) is 24.0 Å². The van der Waals surface area contributed by atoms with E-state index in [1.54, 1.807) is 0 Å². The average Bonchev–Trinajstić information content (AvgIpc) is 2.48. The fourth-order valence-electron chi connectivity index (χ4n) is 1.98. The predicted molar refractivity (Wildman–Crippen MR) is 77.5 cm³/mol. The van der Waals surface area contributed by atoms with Crippen molar-refractivity contribution in [1.29, 1.82) is 5.26 Å². The molecule has 0 aliphatic carbocycles. The van der Waals surface area contributed by atoms with Crippen molar-refractivity contribution in [3.63, 3.8) is 0 Å². The SMILES string of the molecule is CCC(CC)CN(CC)S(=O)(=O)c1ccc(C#N)nc1. The highest BCUT2D eigenvalue weighted by Gasteiger charge is 2.25. The molecule has 0 aromatic carbocycles. The maximum absolute atomic E-state index is 12.5. The summed E-state index contributed by atoms with van der Waals surface area (Å²) in [5, 5.41) is 8.70. The molecule has 1 heterocycles. The molecule has 0 saturated heterocycles. The van der Waals surface area contributed by atoms with Crippen molar-refractivity contribution >= 4 is 10.0 Å². The summed E-state index contributed by atoms with van der Waals surface area (Å²) in [6.07, 6.45) is 3.16. The number of nitrogens with zero attached hydrogens (tertiary/aromatic N) is 3. The monoisotopic (exact) mass is 295 g/mol. The smallest absolute Gasteiger partial charge is 0.244 e. The number of rotatable bonds is 7. The molecule has 0 aliphatic rings. The summed E-state index contributed by atoms with van der Waals surface area (Å²) in [6.45, 7) is 6.91. The second-order valence-corrected chi connectivity index (χ2v) is 6.57. The van der Waals surface area contributed by atoms with Crippen LogP contribution in [0.25, 0.3) is 0 Å². The fourth-order valence-corrected chi connectivity index (χ4v) is 3.45. The van der Waals surface area contributed by atoms with Crippen LogP contribution in [0.1, 0.15) is 39.3 Å². The third kappa shape index (κ3) is 3.78. The molecular weight excluding hydrogens is 274 g/mol. The Labute approximate surface area is 121 Å². The number of pyridine rings is 1. The van der Waals surface area contributed by atoms with Crippen LogP contribution in [0.4, 0.5) is 0 Å². The molecule has 0 aliphatic heterocycles. The van der Waals surface area contributed by atoms with Gasteiger partial charge >= 0.3 is 0 Å². The minimum atomic E-state index is -3.53. The molecule has 20 heavy (non-hydrogen) atoms. The second-order valence-electron chi connectivity index (χ2n) is 4.63. The van der Waals surface area contributed by atoms with Gasteiger partial charge in [-0.25, -0.2) is 13.4 Å². The Balaban J connectivity index is 3.02. The molecule has 5 nitrogen and oxygen atoms in total. The standard InChI is InChI=1S/C14H21N3O2S/c1-4-12(5-2)11-17(6-3)20(18,19)14-8-7-13(9-15)16-10-14/h7-8,10,12H,4-6,11H2,1-3H3. The van der Waals surface area contributed by atoms with E-state index in [1.165, 1.54) is 22.6 Å². The highest BCUT2D eigenvalue weighted by molar-refractivity contribution is 7.89. The van der Waals surface area contributed by atoms with E-state index in [4.69, 9.17) is 5.26 Å².